The third kappa shape index (κ3) is 1.39. The van der Waals surface area contributed by atoms with Crippen molar-refractivity contribution in [3.8, 4) is 6.07 Å². The fourth-order valence-corrected chi connectivity index (χ4v) is 5.25. The van der Waals surface area contributed by atoms with Crippen LogP contribution in [-0.4, -0.2) is 15.6 Å². The van der Waals surface area contributed by atoms with Crippen molar-refractivity contribution < 1.29 is 0 Å². The quantitative estimate of drug-likeness (QED) is 0.579. The van der Waals surface area contributed by atoms with Crippen molar-refractivity contribution in [3.05, 3.63) is 0 Å². The van der Waals surface area contributed by atoms with E-state index in [1.807, 2.05) is 0 Å². The van der Waals surface area contributed by atoms with Gasteiger partial charge in [-0.15, -0.1) is 23.5 Å². The average Bonchev–Trinajstić information content (AvgIpc) is 2.62. The Balaban J connectivity index is 2.03. The molecule has 1 aliphatic heterocycles. The molecule has 0 aromatic carbocycles. The first kappa shape index (κ1) is 7.82. The maximum Gasteiger partial charge on any atom is 0.0656 e. The van der Waals surface area contributed by atoms with Gasteiger partial charge >= 0.3 is 0 Å². The molecule has 11 heavy (non-hydrogen) atoms. The predicted octanol–water partition coefficient (Wildman–Crippen LogP) is 2.49. The summed E-state index contributed by atoms with van der Waals surface area (Å²) < 4.78 is 0.473. The summed E-state index contributed by atoms with van der Waals surface area (Å²) in [5.41, 5.74) is 0. The Bertz CT molecular complexity index is 191. The smallest absolute Gasteiger partial charge is 0.0656 e. The highest BCUT2D eigenvalue weighted by Crippen LogP contribution is 2.55. The van der Waals surface area contributed by atoms with Crippen molar-refractivity contribution >= 4 is 23.5 Å². The Morgan fingerprint density at radius 2 is 2.09 bits per heavy atom. The largest absolute Gasteiger partial charge is 0.198 e. The zero-order valence-corrected chi connectivity index (χ0v) is 8.01. The molecule has 1 atom stereocenters. The van der Waals surface area contributed by atoms with E-state index >= 15 is 0 Å². The van der Waals surface area contributed by atoms with Gasteiger partial charge in [0.1, 0.15) is 0 Å². The summed E-state index contributed by atoms with van der Waals surface area (Å²) in [6, 6.07) is 2.39. The molecule has 1 unspecified atom stereocenters. The van der Waals surface area contributed by atoms with Gasteiger partial charge in [0, 0.05) is 17.4 Å². The van der Waals surface area contributed by atoms with Gasteiger partial charge in [-0.2, -0.15) is 5.26 Å². The monoisotopic (exact) mass is 185 g/mol. The maximum absolute atomic E-state index is 8.74. The van der Waals surface area contributed by atoms with Crippen LogP contribution in [0.2, 0.25) is 0 Å². The minimum absolute atomic E-state index is 0.355. The first-order valence-electron chi connectivity index (χ1n) is 4.02. The van der Waals surface area contributed by atoms with E-state index in [0.29, 0.717) is 10.00 Å². The molecule has 0 aromatic rings. The number of hydrogen-bond acceptors (Lipinski definition) is 3. The van der Waals surface area contributed by atoms with Gasteiger partial charge < -0.3 is 0 Å². The zero-order chi connectivity index (χ0) is 7.73. The lowest BCUT2D eigenvalue weighted by molar-refractivity contribution is 0.699. The lowest BCUT2D eigenvalue weighted by Crippen LogP contribution is -2.10. The van der Waals surface area contributed by atoms with Crippen molar-refractivity contribution in [1.82, 2.24) is 0 Å². The summed E-state index contributed by atoms with van der Waals surface area (Å²) in [7, 11) is 0. The van der Waals surface area contributed by atoms with Crippen LogP contribution in [0.3, 0.4) is 0 Å². The van der Waals surface area contributed by atoms with E-state index in [-0.39, 0.29) is 0 Å². The summed E-state index contributed by atoms with van der Waals surface area (Å²) in [6.07, 6.45) is 3.54. The van der Waals surface area contributed by atoms with Crippen LogP contribution in [0.4, 0.5) is 0 Å². The Kier molecular flexibility index (Phi) is 2.07. The first-order valence-corrected chi connectivity index (χ1v) is 5.99. The van der Waals surface area contributed by atoms with E-state index in [1.165, 1.54) is 17.9 Å². The Morgan fingerprint density at radius 3 is 2.64 bits per heavy atom. The van der Waals surface area contributed by atoms with Crippen molar-refractivity contribution in [2.45, 2.75) is 23.3 Å². The van der Waals surface area contributed by atoms with Crippen LogP contribution in [0.15, 0.2) is 0 Å². The van der Waals surface area contributed by atoms with Gasteiger partial charge in [-0.25, -0.2) is 0 Å². The summed E-state index contributed by atoms with van der Waals surface area (Å²) >= 11 is 4.17. The lowest BCUT2D eigenvalue weighted by Gasteiger charge is -2.19. The molecule has 0 aromatic heterocycles. The Hall–Kier alpha value is 0.190. The molecule has 0 radical (unpaired) electrons. The molecule has 2 rings (SSSR count). The zero-order valence-electron chi connectivity index (χ0n) is 6.38. The van der Waals surface area contributed by atoms with Crippen LogP contribution < -0.4 is 0 Å². The van der Waals surface area contributed by atoms with Crippen molar-refractivity contribution in [3.63, 3.8) is 0 Å². The molecular formula is C8H11NS2. The van der Waals surface area contributed by atoms with Gasteiger partial charge in [-0.3, -0.25) is 0 Å². The normalized spacial score (nSPS) is 34.3. The third-order valence-corrected chi connectivity index (χ3v) is 6.00. The van der Waals surface area contributed by atoms with Gasteiger partial charge in [0.15, 0.2) is 0 Å². The lowest BCUT2D eigenvalue weighted by atomic mass is 10.1. The number of nitriles is 1. The Labute approximate surface area is 75.9 Å². The standard InChI is InChI=1S/C8H11NS2/c9-6-7-1-2-8(5-7)10-3-4-11-8/h7H,1-5H2. The van der Waals surface area contributed by atoms with Gasteiger partial charge in [0.25, 0.3) is 0 Å². The van der Waals surface area contributed by atoms with E-state index in [2.05, 4.69) is 29.6 Å². The highest BCUT2D eigenvalue weighted by molar-refractivity contribution is 8.21. The first-order chi connectivity index (χ1) is 5.35. The predicted molar refractivity (Wildman–Crippen MR) is 50.6 cm³/mol. The summed E-state index contributed by atoms with van der Waals surface area (Å²) in [5.74, 6) is 2.94. The maximum atomic E-state index is 8.74. The minimum Gasteiger partial charge on any atom is -0.198 e. The van der Waals surface area contributed by atoms with Crippen LogP contribution in [0, 0.1) is 17.2 Å². The minimum atomic E-state index is 0.355. The molecule has 60 valence electrons. The SMILES string of the molecule is N#CC1CCC2(C1)SCCS2. The number of hydrogen-bond donors (Lipinski definition) is 0. The number of rotatable bonds is 0. The second kappa shape index (κ2) is 2.91. The molecule has 1 saturated heterocycles. The summed E-state index contributed by atoms with van der Waals surface area (Å²) in [6.45, 7) is 0. The second-order valence-corrected chi connectivity index (χ2v) is 6.39. The molecule has 0 bridgehead atoms. The third-order valence-electron chi connectivity index (χ3n) is 2.43. The highest BCUT2D eigenvalue weighted by Gasteiger charge is 2.42. The van der Waals surface area contributed by atoms with Crippen LogP contribution in [0.25, 0.3) is 0 Å². The topological polar surface area (TPSA) is 23.8 Å². The van der Waals surface area contributed by atoms with Gasteiger partial charge in [-0.05, 0) is 19.3 Å². The molecule has 1 aliphatic carbocycles. The van der Waals surface area contributed by atoms with E-state index in [0.717, 1.165) is 12.8 Å². The van der Waals surface area contributed by atoms with Gasteiger partial charge in [0.2, 0.25) is 0 Å². The fourth-order valence-electron chi connectivity index (χ4n) is 1.84. The molecular weight excluding hydrogens is 174 g/mol. The average molecular weight is 185 g/mol. The van der Waals surface area contributed by atoms with Crippen LogP contribution in [-0.2, 0) is 0 Å². The van der Waals surface area contributed by atoms with E-state index in [1.54, 1.807) is 0 Å². The van der Waals surface area contributed by atoms with Crippen molar-refractivity contribution in [2.75, 3.05) is 11.5 Å². The molecule has 1 nitrogen and oxygen atoms in total. The molecule has 2 fully saturated rings. The fraction of sp³-hybridized carbons (Fsp3) is 0.875. The van der Waals surface area contributed by atoms with Crippen LogP contribution in [0.5, 0.6) is 0 Å². The number of thioether (sulfide) groups is 2. The van der Waals surface area contributed by atoms with Gasteiger partial charge in [0.05, 0.1) is 10.1 Å². The summed E-state index contributed by atoms with van der Waals surface area (Å²) in [5, 5.41) is 8.74. The highest BCUT2D eigenvalue weighted by atomic mass is 32.2. The van der Waals surface area contributed by atoms with Crippen molar-refractivity contribution in [1.29, 1.82) is 5.26 Å². The molecule has 1 saturated carbocycles. The second-order valence-electron chi connectivity index (χ2n) is 3.18. The van der Waals surface area contributed by atoms with Crippen LogP contribution >= 0.6 is 23.5 Å². The summed E-state index contributed by atoms with van der Waals surface area (Å²) in [4.78, 5) is 0. The number of nitrogens with zero attached hydrogens (tertiary/aromatic N) is 1. The molecule has 0 amide bonds. The van der Waals surface area contributed by atoms with E-state index in [4.69, 9.17) is 5.26 Å². The molecule has 3 heteroatoms. The van der Waals surface area contributed by atoms with E-state index in [9.17, 15) is 0 Å². The molecule has 1 spiro atoms. The molecule has 1 heterocycles. The van der Waals surface area contributed by atoms with Crippen LogP contribution in [0.1, 0.15) is 19.3 Å². The molecule has 0 N–H and O–H groups in total. The van der Waals surface area contributed by atoms with Gasteiger partial charge in [-0.1, -0.05) is 0 Å². The Morgan fingerprint density at radius 1 is 1.36 bits per heavy atom. The molecule has 2 aliphatic rings. The van der Waals surface area contributed by atoms with E-state index < -0.39 is 0 Å². The van der Waals surface area contributed by atoms with Crippen molar-refractivity contribution in [2.24, 2.45) is 5.92 Å².